The molecule has 15 heavy (non-hydrogen) atoms. The molecule has 1 heterocycles. The van der Waals surface area contributed by atoms with Crippen LogP contribution >= 0.6 is 15.9 Å². The van der Waals surface area contributed by atoms with Crippen LogP contribution in [0.2, 0.25) is 0 Å². The minimum Gasteiger partial charge on any atom is -0.311 e. The number of likely N-dealkylation sites (N-methyl/N-ethyl adjacent to an activating group) is 1. The zero-order valence-corrected chi connectivity index (χ0v) is 10.9. The standard InChI is InChI=1S/C11H18BrN3/c1-3-15(2)5-4-13-7-10-6-11(12)9-14-8-10/h6,8-9,13H,3-5,7H2,1-2H3. The molecule has 1 aromatic heterocycles. The van der Waals surface area contributed by atoms with E-state index in [2.05, 4.69) is 51.2 Å². The monoisotopic (exact) mass is 271 g/mol. The highest BCUT2D eigenvalue weighted by Crippen LogP contribution is 2.08. The molecule has 0 fully saturated rings. The predicted octanol–water partition coefficient (Wildman–Crippen LogP) is 1.89. The van der Waals surface area contributed by atoms with Crippen molar-refractivity contribution in [2.24, 2.45) is 0 Å². The van der Waals surface area contributed by atoms with Gasteiger partial charge in [0.05, 0.1) is 0 Å². The van der Waals surface area contributed by atoms with E-state index in [0.717, 1.165) is 30.7 Å². The fraction of sp³-hybridized carbons (Fsp3) is 0.545. The Balaban J connectivity index is 2.20. The van der Waals surface area contributed by atoms with Crippen LogP contribution in [-0.4, -0.2) is 36.6 Å². The average Bonchev–Trinajstić information content (AvgIpc) is 2.24. The quantitative estimate of drug-likeness (QED) is 0.801. The lowest BCUT2D eigenvalue weighted by molar-refractivity contribution is 0.349. The Morgan fingerprint density at radius 2 is 2.27 bits per heavy atom. The van der Waals surface area contributed by atoms with Gasteiger partial charge in [0.1, 0.15) is 0 Å². The second-order valence-corrected chi connectivity index (χ2v) is 4.50. The summed E-state index contributed by atoms with van der Waals surface area (Å²) < 4.78 is 1.03. The lowest BCUT2D eigenvalue weighted by atomic mass is 10.3. The third kappa shape index (κ3) is 5.25. The van der Waals surface area contributed by atoms with Gasteiger partial charge in [-0.3, -0.25) is 4.98 Å². The highest BCUT2D eigenvalue weighted by Gasteiger charge is 1.96. The van der Waals surface area contributed by atoms with Gasteiger partial charge in [-0.05, 0) is 41.2 Å². The number of rotatable bonds is 6. The van der Waals surface area contributed by atoms with Crippen molar-refractivity contribution in [1.82, 2.24) is 15.2 Å². The van der Waals surface area contributed by atoms with Crippen molar-refractivity contribution in [1.29, 1.82) is 0 Å². The van der Waals surface area contributed by atoms with E-state index in [4.69, 9.17) is 0 Å². The number of aromatic nitrogens is 1. The van der Waals surface area contributed by atoms with E-state index >= 15 is 0 Å². The Morgan fingerprint density at radius 3 is 2.93 bits per heavy atom. The van der Waals surface area contributed by atoms with E-state index in [1.807, 2.05) is 6.20 Å². The van der Waals surface area contributed by atoms with Gasteiger partial charge < -0.3 is 10.2 Å². The fourth-order valence-electron chi connectivity index (χ4n) is 1.21. The van der Waals surface area contributed by atoms with E-state index < -0.39 is 0 Å². The van der Waals surface area contributed by atoms with E-state index in [9.17, 15) is 0 Å². The molecule has 1 N–H and O–H groups in total. The van der Waals surface area contributed by atoms with E-state index in [1.165, 1.54) is 5.56 Å². The lowest BCUT2D eigenvalue weighted by Gasteiger charge is -2.13. The Hall–Kier alpha value is -0.450. The summed E-state index contributed by atoms with van der Waals surface area (Å²) in [4.78, 5) is 6.40. The molecule has 0 bridgehead atoms. The molecule has 0 aromatic carbocycles. The first-order valence-corrected chi connectivity index (χ1v) is 6.00. The summed E-state index contributed by atoms with van der Waals surface area (Å²) in [6, 6.07) is 2.09. The van der Waals surface area contributed by atoms with Crippen LogP contribution in [0.1, 0.15) is 12.5 Å². The Kier molecular flexibility index (Phi) is 5.83. The normalized spacial score (nSPS) is 10.9. The first-order valence-electron chi connectivity index (χ1n) is 5.21. The van der Waals surface area contributed by atoms with Crippen molar-refractivity contribution < 1.29 is 0 Å². The molecule has 3 nitrogen and oxygen atoms in total. The molecule has 1 aromatic rings. The van der Waals surface area contributed by atoms with Crippen LogP contribution in [0.3, 0.4) is 0 Å². The number of hydrogen-bond acceptors (Lipinski definition) is 3. The molecule has 0 unspecified atom stereocenters. The van der Waals surface area contributed by atoms with Gasteiger partial charge in [-0.1, -0.05) is 6.92 Å². The molecule has 0 saturated carbocycles. The second-order valence-electron chi connectivity index (χ2n) is 3.58. The number of hydrogen-bond donors (Lipinski definition) is 1. The van der Waals surface area contributed by atoms with Crippen LogP contribution in [0.5, 0.6) is 0 Å². The topological polar surface area (TPSA) is 28.2 Å². The fourth-order valence-corrected chi connectivity index (χ4v) is 1.63. The van der Waals surface area contributed by atoms with Gasteiger partial charge in [-0.25, -0.2) is 0 Å². The maximum atomic E-state index is 4.12. The summed E-state index contributed by atoms with van der Waals surface area (Å²) in [5, 5.41) is 3.39. The van der Waals surface area contributed by atoms with Crippen molar-refractivity contribution in [3.63, 3.8) is 0 Å². The van der Waals surface area contributed by atoms with Gasteiger partial charge in [-0.15, -0.1) is 0 Å². The molecule has 0 spiro atoms. The van der Waals surface area contributed by atoms with Crippen LogP contribution in [0.15, 0.2) is 22.9 Å². The summed E-state index contributed by atoms with van der Waals surface area (Å²) in [7, 11) is 2.13. The van der Waals surface area contributed by atoms with Crippen molar-refractivity contribution in [2.75, 3.05) is 26.7 Å². The molecule has 0 atom stereocenters. The van der Waals surface area contributed by atoms with Gasteiger partial charge in [-0.2, -0.15) is 0 Å². The minimum absolute atomic E-state index is 0.879. The van der Waals surface area contributed by atoms with Crippen molar-refractivity contribution in [3.8, 4) is 0 Å². The Morgan fingerprint density at radius 1 is 1.47 bits per heavy atom. The highest BCUT2D eigenvalue weighted by molar-refractivity contribution is 9.10. The largest absolute Gasteiger partial charge is 0.311 e. The summed E-state index contributed by atoms with van der Waals surface area (Å²) >= 11 is 3.41. The van der Waals surface area contributed by atoms with Crippen LogP contribution in [-0.2, 0) is 6.54 Å². The van der Waals surface area contributed by atoms with Gasteiger partial charge in [0.25, 0.3) is 0 Å². The van der Waals surface area contributed by atoms with Gasteiger partial charge in [0, 0.05) is 36.5 Å². The highest BCUT2D eigenvalue weighted by atomic mass is 79.9. The van der Waals surface area contributed by atoms with Crippen LogP contribution in [0, 0.1) is 0 Å². The minimum atomic E-state index is 0.879. The number of halogens is 1. The van der Waals surface area contributed by atoms with Gasteiger partial charge in [0.15, 0.2) is 0 Å². The Bertz CT molecular complexity index is 291. The molecule has 4 heteroatoms. The molecule has 84 valence electrons. The molecule has 0 saturated heterocycles. The van der Waals surface area contributed by atoms with Gasteiger partial charge >= 0.3 is 0 Å². The number of nitrogens with zero attached hydrogens (tertiary/aromatic N) is 2. The average molecular weight is 272 g/mol. The van der Waals surface area contributed by atoms with Crippen LogP contribution in [0.25, 0.3) is 0 Å². The zero-order valence-electron chi connectivity index (χ0n) is 9.33. The number of pyridine rings is 1. The first-order chi connectivity index (χ1) is 7.22. The molecular weight excluding hydrogens is 254 g/mol. The maximum absolute atomic E-state index is 4.12. The van der Waals surface area contributed by atoms with Gasteiger partial charge in [0.2, 0.25) is 0 Å². The molecule has 1 rings (SSSR count). The van der Waals surface area contributed by atoms with E-state index in [-0.39, 0.29) is 0 Å². The third-order valence-corrected chi connectivity index (χ3v) is 2.73. The van der Waals surface area contributed by atoms with E-state index in [0.29, 0.717) is 0 Å². The Labute approximate surface area is 100 Å². The molecule has 0 amide bonds. The molecule has 0 aliphatic rings. The summed E-state index contributed by atoms with van der Waals surface area (Å²) in [5.41, 5.74) is 1.21. The lowest BCUT2D eigenvalue weighted by Crippen LogP contribution is -2.28. The molecular formula is C11H18BrN3. The third-order valence-electron chi connectivity index (χ3n) is 2.30. The molecule has 0 aliphatic carbocycles. The van der Waals surface area contributed by atoms with Crippen molar-refractivity contribution >= 4 is 15.9 Å². The van der Waals surface area contributed by atoms with Crippen molar-refractivity contribution in [3.05, 3.63) is 28.5 Å². The second kappa shape index (κ2) is 6.93. The summed E-state index contributed by atoms with van der Waals surface area (Å²) in [5.74, 6) is 0. The zero-order chi connectivity index (χ0) is 11.1. The number of nitrogens with one attached hydrogen (secondary N) is 1. The SMILES string of the molecule is CCN(C)CCNCc1cncc(Br)c1. The van der Waals surface area contributed by atoms with Crippen LogP contribution in [0.4, 0.5) is 0 Å². The predicted molar refractivity (Wildman–Crippen MR) is 66.8 cm³/mol. The first kappa shape index (κ1) is 12.6. The summed E-state index contributed by atoms with van der Waals surface area (Å²) in [6.45, 7) is 6.23. The maximum Gasteiger partial charge on any atom is 0.0410 e. The van der Waals surface area contributed by atoms with E-state index in [1.54, 1.807) is 6.20 Å². The van der Waals surface area contributed by atoms with Crippen molar-refractivity contribution in [2.45, 2.75) is 13.5 Å². The van der Waals surface area contributed by atoms with Crippen LogP contribution < -0.4 is 5.32 Å². The molecule has 0 radical (unpaired) electrons. The molecule has 0 aliphatic heterocycles. The smallest absolute Gasteiger partial charge is 0.0410 e. The summed E-state index contributed by atoms with van der Waals surface area (Å²) in [6.07, 6.45) is 3.69.